The molecule has 45 heavy (non-hydrogen) atoms. The quantitative estimate of drug-likeness (QED) is 0.130. The molecule has 1 saturated heterocycles. The maximum atomic E-state index is 14.0. The second kappa shape index (κ2) is 10.7. The number of carbonyl (C=O) groups is 2. The van der Waals surface area contributed by atoms with E-state index in [-0.39, 0.29) is 10.7 Å². The fourth-order valence-electron chi connectivity index (χ4n) is 9.25. The van der Waals surface area contributed by atoms with E-state index in [1.54, 1.807) is 6.08 Å². The summed E-state index contributed by atoms with van der Waals surface area (Å²) in [4.78, 5) is 30.9. The smallest absolute Gasteiger partial charge is 0.270 e. The highest BCUT2D eigenvalue weighted by Gasteiger charge is 2.51. The topological polar surface area (TPSA) is 45.6 Å². The van der Waals surface area contributed by atoms with Crippen molar-refractivity contribution < 1.29 is 9.59 Å². The third kappa shape index (κ3) is 4.61. The SMILES string of the molecule is Cc1cc(C=C2C(=O)N(c3ccccc3)C(=S)N(c3ccccc3)C2=O)c(C)n1-c1ccc(C23CC4CC(CC(C4)C2)C3)cc1. The first kappa shape index (κ1) is 28.2. The summed E-state index contributed by atoms with van der Waals surface area (Å²) in [6.07, 6.45) is 10.1. The molecule has 0 spiro atoms. The van der Waals surface area contributed by atoms with Crippen molar-refractivity contribution in [3.63, 3.8) is 0 Å². The van der Waals surface area contributed by atoms with E-state index in [1.807, 2.05) is 60.7 Å². The van der Waals surface area contributed by atoms with Crippen LogP contribution in [-0.2, 0) is 15.0 Å². The maximum absolute atomic E-state index is 14.0. The molecule has 6 heteroatoms. The van der Waals surface area contributed by atoms with Crippen molar-refractivity contribution in [3.05, 3.63) is 119 Å². The molecule has 0 unspecified atom stereocenters. The molecule has 4 aliphatic carbocycles. The van der Waals surface area contributed by atoms with Crippen LogP contribution in [0.5, 0.6) is 0 Å². The van der Waals surface area contributed by atoms with Gasteiger partial charge in [0.15, 0.2) is 5.11 Å². The van der Waals surface area contributed by atoms with Crippen LogP contribution in [0, 0.1) is 31.6 Å². The molecule has 2 amide bonds. The maximum Gasteiger partial charge on any atom is 0.270 e. The van der Waals surface area contributed by atoms with Gasteiger partial charge in [0.25, 0.3) is 11.8 Å². The van der Waals surface area contributed by atoms with Gasteiger partial charge in [-0.3, -0.25) is 19.4 Å². The predicted octanol–water partition coefficient (Wildman–Crippen LogP) is 8.31. The number of amides is 2. The monoisotopic (exact) mass is 611 g/mol. The highest BCUT2D eigenvalue weighted by atomic mass is 32.1. The van der Waals surface area contributed by atoms with Crippen LogP contribution in [0.25, 0.3) is 11.8 Å². The van der Waals surface area contributed by atoms with Crippen molar-refractivity contribution in [2.24, 2.45) is 17.8 Å². The van der Waals surface area contributed by atoms with E-state index in [0.717, 1.165) is 40.4 Å². The number of aryl methyl sites for hydroxylation is 1. The van der Waals surface area contributed by atoms with Gasteiger partial charge >= 0.3 is 0 Å². The minimum atomic E-state index is -0.423. The molecule has 4 bridgehead atoms. The second-order valence-electron chi connectivity index (χ2n) is 13.7. The number of nitrogens with zero attached hydrogens (tertiary/aromatic N) is 3. The van der Waals surface area contributed by atoms with E-state index in [2.05, 4.69) is 48.7 Å². The number of carbonyl (C=O) groups excluding carboxylic acids is 2. The molecule has 5 nitrogen and oxygen atoms in total. The molecule has 0 radical (unpaired) electrons. The van der Waals surface area contributed by atoms with E-state index >= 15 is 0 Å². The summed E-state index contributed by atoms with van der Waals surface area (Å²) in [5, 5.41) is 0.143. The molecule has 1 aromatic heterocycles. The van der Waals surface area contributed by atoms with Gasteiger partial charge in [-0.25, -0.2) is 0 Å². The zero-order chi connectivity index (χ0) is 30.9. The summed E-state index contributed by atoms with van der Waals surface area (Å²) in [6.45, 7) is 4.13. The number of rotatable bonds is 5. The lowest BCUT2D eigenvalue weighted by Crippen LogP contribution is -2.56. The summed E-state index contributed by atoms with van der Waals surface area (Å²) in [5.41, 5.74) is 7.15. The average Bonchev–Trinajstić information content (AvgIpc) is 3.31. The van der Waals surface area contributed by atoms with Gasteiger partial charge in [0.05, 0.1) is 11.4 Å². The summed E-state index contributed by atoms with van der Waals surface area (Å²) in [6, 6.07) is 29.9. The Hall–Kier alpha value is -4.29. The first-order valence-corrected chi connectivity index (χ1v) is 16.6. The van der Waals surface area contributed by atoms with E-state index in [9.17, 15) is 9.59 Å². The van der Waals surface area contributed by atoms with Crippen LogP contribution in [0.3, 0.4) is 0 Å². The summed E-state index contributed by atoms with van der Waals surface area (Å²) >= 11 is 5.77. The Morgan fingerprint density at radius 2 is 1.18 bits per heavy atom. The summed E-state index contributed by atoms with van der Waals surface area (Å²) < 4.78 is 2.22. The molecular formula is C39H37N3O2S. The fourth-order valence-corrected chi connectivity index (χ4v) is 9.63. The van der Waals surface area contributed by atoms with Crippen molar-refractivity contribution in [1.82, 2.24) is 4.57 Å². The molecule has 3 aromatic carbocycles. The third-order valence-electron chi connectivity index (χ3n) is 10.8. The highest BCUT2D eigenvalue weighted by Crippen LogP contribution is 2.60. The largest absolute Gasteiger partial charge is 0.318 e. The molecular weight excluding hydrogens is 575 g/mol. The zero-order valence-corrected chi connectivity index (χ0v) is 26.6. The van der Waals surface area contributed by atoms with Gasteiger partial charge in [0, 0.05) is 17.1 Å². The van der Waals surface area contributed by atoms with Gasteiger partial charge in [-0.1, -0.05) is 48.5 Å². The first-order chi connectivity index (χ1) is 21.8. The van der Waals surface area contributed by atoms with Gasteiger partial charge in [-0.05, 0) is 147 Å². The third-order valence-corrected chi connectivity index (χ3v) is 11.2. The molecule has 226 valence electrons. The Kier molecular flexibility index (Phi) is 6.68. The Morgan fingerprint density at radius 1 is 0.689 bits per heavy atom. The van der Waals surface area contributed by atoms with Crippen LogP contribution < -0.4 is 9.80 Å². The molecule has 1 aliphatic heterocycles. The normalized spacial score (nSPS) is 25.8. The minimum Gasteiger partial charge on any atom is -0.318 e. The number of anilines is 2. The van der Waals surface area contributed by atoms with Crippen molar-refractivity contribution in [3.8, 4) is 5.69 Å². The van der Waals surface area contributed by atoms with E-state index < -0.39 is 11.8 Å². The lowest BCUT2D eigenvalue weighted by molar-refractivity contribution is -0.120. The van der Waals surface area contributed by atoms with E-state index in [4.69, 9.17) is 12.2 Å². The summed E-state index contributed by atoms with van der Waals surface area (Å²) in [5.74, 6) is 1.89. The Bertz CT molecular complexity index is 1760. The average molecular weight is 612 g/mol. The lowest BCUT2D eigenvalue weighted by atomic mass is 9.48. The van der Waals surface area contributed by atoms with Gasteiger partial charge in [0.2, 0.25) is 0 Å². The molecule has 0 N–H and O–H groups in total. The number of benzene rings is 3. The number of thiocarbonyl (C=S) groups is 1. The van der Waals surface area contributed by atoms with E-state index in [1.165, 1.54) is 53.9 Å². The van der Waals surface area contributed by atoms with Crippen molar-refractivity contribution in [1.29, 1.82) is 0 Å². The standard InChI is InChI=1S/C39H37N3O2S/c1-25-17-30(26(2)40(25)34-15-13-31(14-16-34)39-22-27-18-28(23-39)20-29(19-27)24-39)21-35-36(43)41(32-9-5-3-6-10-32)38(45)42(37(35)44)33-11-7-4-8-12-33/h3-17,21,27-29H,18-20,22-24H2,1-2H3. The minimum absolute atomic E-state index is 0.0775. The lowest BCUT2D eigenvalue weighted by Gasteiger charge is -2.57. The molecule has 0 atom stereocenters. The van der Waals surface area contributed by atoms with Crippen LogP contribution >= 0.6 is 12.2 Å². The van der Waals surface area contributed by atoms with Crippen LogP contribution in [0.1, 0.15) is 61.0 Å². The van der Waals surface area contributed by atoms with Gasteiger partial charge in [-0.15, -0.1) is 0 Å². The number of hydrogen-bond donors (Lipinski definition) is 0. The molecule has 4 aromatic rings. The Balaban J connectivity index is 1.15. The fraction of sp³-hybridized carbons (Fsp3) is 0.308. The second-order valence-corrected chi connectivity index (χ2v) is 14.1. The molecule has 5 aliphatic rings. The van der Waals surface area contributed by atoms with Crippen LogP contribution in [0.15, 0.2) is 96.6 Å². The first-order valence-electron chi connectivity index (χ1n) is 16.2. The zero-order valence-electron chi connectivity index (χ0n) is 25.8. The number of aromatic nitrogens is 1. The van der Waals surface area contributed by atoms with Crippen molar-refractivity contribution in [2.45, 2.75) is 57.8 Å². The molecule has 2 heterocycles. The Labute approximate surface area is 270 Å². The van der Waals surface area contributed by atoms with E-state index in [0.29, 0.717) is 16.8 Å². The van der Waals surface area contributed by atoms with Crippen LogP contribution in [0.4, 0.5) is 11.4 Å². The van der Waals surface area contributed by atoms with Crippen LogP contribution in [-0.4, -0.2) is 21.5 Å². The van der Waals surface area contributed by atoms with Gasteiger partial charge in [-0.2, -0.15) is 0 Å². The van der Waals surface area contributed by atoms with Crippen LogP contribution in [0.2, 0.25) is 0 Å². The highest BCUT2D eigenvalue weighted by molar-refractivity contribution is 7.81. The van der Waals surface area contributed by atoms with Crippen molar-refractivity contribution in [2.75, 3.05) is 9.80 Å². The number of para-hydroxylation sites is 2. The van der Waals surface area contributed by atoms with Gasteiger partial charge < -0.3 is 4.57 Å². The van der Waals surface area contributed by atoms with Gasteiger partial charge in [0.1, 0.15) is 5.57 Å². The number of hydrogen-bond acceptors (Lipinski definition) is 3. The predicted molar refractivity (Wildman–Crippen MR) is 184 cm³/mol. The molecule has 9 rings (SSSR count). The molecule has 5 fully saturated rings. The molecule has 4 saturated carbocycles. The Morgan fingerprint density at radius 3 is 1.67 bits per heavy atom. The summed E-state index contributed by atoms with van der Waals surface area (Å²) in [7, 11) is 0. The van der Waals surface area contributed by atoms with Crippen molar-refractivity contribution >= 4 is 46.6 Å².